The third-order valence-corrected chi connectivity index (χ3v) is 4.30. The summed E-state index contributed by atoms with van der Waals surface area (Å²) in [5.74, 6) is 2.48. The first-order chi connectivity index (χ1) is 11.2. The van der Waals surface area contributed by atoms with E-state index in [1.807, 2.05) is 18.2 Å². The van der Waals surface area contributed by atoms with E-state index in [0.29, 0.717) is 6.61 Å². The Balaban J connectivity index is 1.82. The minimum Gasteiger partial charge on any atom is -0.493 e. The molecule has 0 saturated heterocycles. The molecule has 2 aromatic rings. The highest BCUT2D eigenvalue weighted by Crippen LogP contribution is 2.35. The Morgan fingerprint density at radius 1 is 1.04 bits per heavy atom. The highest BCUT2D eigenvalue weighted by molar-refractivity contribution is 5.49. The molecule has 1 aliphatic heterocycles. The van der Waals surface area contributed by atoms with Crippen molar-refractivity contribution in [2.45, 2.75) is 19.4 Å². The van der Waals surface area contributed by atoms with Gasteiger partial charge >= 0.3 is 0 Å². The Labute approximate surface area is 137 Å². The fraction of sp³-hybridized carbons (Fsp3) is 0.368. The molecule has 1 N–H and O–H groups in total. The van der Waals surface area contributed by atoms with Gasteiger partial charge in [-0.3, -0.25) is 0 Å². The quantitative estimate of drug-likeness (QED) is 0.919. The number of hydrogen-bond donors (Lipinski definition) is 1. The van der Waals surface area contributed by atoms with Crippen LogP contribution >= 0.6 is 0 Å². The maximum absolute atomic E-state index is 6.03. The Kier molecular flexibility index (Phi) is 4.72. The lowest BCUT2D eigenvalue weighted by molar-refractivity contribution is 0.259. The molecule has 0 bridgehead atoms. The Bertz CT molecular complexity index is 684. The topological polar surface area (TPSA) is 39.7 Å². The number of para-hydroxylation sites is 1. The van der Waals surface area contributed by atoms with E-state index in [9.17, 15) is 0 Å². The first kappa shape index (κ1) is 15.7. The second kappa shape index (κ2) is 6.92. The minimum absolute atomic E-state index is 0.151. The maximum atomic E-state index is 6.03. The van der Waals surface area contributed by atoms with E-state index in [4.69, 9.17) is 14.2 Å². The molecule has 0 fully saturated rings. The van der Waals surface area contributed by atoms with E-state index in [1.54, 1.807) is 14.2 Å². The summed E-state index contributed by atoms with van der Waals surface area (Å²) in [4.78, 5) is 0. The van der Waals surface area contributed by atoms with Crippen molar-refractivity contribution in [3.8, 4) is 17.2 Å². The van der Waals surface area contributed by atoms with Crippen LogP contribution in [0.1, 0.15) is 22.7 Å². The fourth-order valence-electron chi connectivity index (χ4n) is 3.01. The Morgan fingerprint density at radius 3 is 2.52 bits per heavy atom. The van der Waals surface area contributed by atoms with Gasteiger partial charge < -0.3 is 19.5 Å². The van der Waals surface area contributed by atoms with Crippen LogP contribution in [0.5, 0.6) is 17.2 Å². The summed E-state index contributed by atoms with van der Waals surface area (Å²) in [6.07, 6.45) is 0.983. The van der Waals surface area contributed by atoms with Crippen molar-refractivity contribution in [3.63, 3.8) is 0 Å². The number of methoxy groups -OCH3 is 2. The second-order valence-electron chi connectivity index (χ2n) is 5.74. The van der Waals surface area contributed by atoms with E-state index >= 15 is 0 Å². The van der Waals surface area contributed by atoms with Gasteiger partial charge in [-0.05, 0) is 54.8 Å². The monoisotopic (exact) mass is 313 g/mol. The molecule has 2 aromatic carbocycles. The average Bonchev–Trinajstić information content (AvgIpc) is 2.59. The van der Waals surface area contributed by atoms with Crippen LogP contribution in [-0.4, -0.2) is 27.4 Å². The molecule has 1 aliphatic rings. The number of ether oxygens (including phenoxy) is 3. The van der Waals surface area contributed by atoms with E-state index in [0.717, 1.165) is 35.8 Å². The van der Waals surface area contributed by atoms with Gasteiger partial charge in [0.1, 0.15) is 12.4 Å². The average molecular weight is 313 g/mol. The van der Waals surface area contributed by atoms with Gasteiger partial charge in [-0.1, -0.05) is 18.2 Å². The lowest BCUT2D eigenvalue weighted by Crippen LogP contribution is -2.33. The van der Waals surface area contributed by atoms with Crippen LogP contribution in [0.15, 0.2) is 36.4 Å². The SMILES string of the molecule is COc1cc2c(cc1OC)C(COc1ccccc1C)NCC2. The van der Waals surface area contributed by atoms with Crippen LogP contribution in [0.2, 0.25) is 0 Å². The van der Waals surface area contributed by atoms with Gasteiger partial charge in [0, 0.05) is 0 Å². The molecule has 0 aliphatic carbocycles. The molecule has 1 atom stereocenters. The second-order valence-corrected chi connectivity index (χ2v) is 5.74. The van der Waals surface area contributed by atoms with Crippen molar-refractivity contribution in [1.82, 2.24) is 5.32 Å². The number of fused-ring (bicyclic) bond motifs is 1. The van der Waals surface area contributed by atoms with Crippen LogP contribution in [0.25, 0.3) is 0 Å². The molecule has 1 unspecified atom stereocenters. The molecular formula is C19H23NO3. The fourth-order valence-corrected chi connectivity index (χ4v) is 3.01. The molecule has 0 amide bonds. The molecule has 0 spiro atoms. The number of rotatable bonds is 5. The highest BCUT2D eigenvalue weighted by atomic mass is 16.5. The largest absolute Gasteiger partial charge is 0.493 e. The van der Waals surface area contributed by atoms with Gasteiger partial charge in [0.2, 0.25) is 0 Å². The minimum atomic E-state index is 0.151. The normalized spacial score (nSPS) is 16.6. The summed E-state index contributed by atoms with van der Waals surface area (Å²) in [5.41, 5.74) is 3.66. The van der Waals surface area contributed by atoms with Crippen molar-refractivity contribution in [2.24, 2.45) is 0 Å². The van der Waals surface area contributed by atoms with E-state index in [-0.39, 0.29) is 6.04 Å². The first-order valence-electron chi connectivity index (χ1n) is 7.89. The number of nitrogens with one attached hydrogen (secondary N) is 1. The Morgan fingerprint density at radius 2 is 1.78 bits per heavy atom. The molecule has 0 radical (unpaired) electrons. The summed E-state index contributed by atoms with van der Waals surface area (Å²) in [5, 5.41) is 3.53. The van der Waals surface area contributed by atoms with Gasteiger partial charge in [0.25, 0.3) is 0 Å². The molecule has 4 nitrogen and oxygen atoms in total. The van der Waals surface area contributed by atoms with Crippen LogP contribution in [0.3, 0.4) is 0 Å². The molecule has 0 saturated carbocycles. The zero-order valence-electron chi connectivity index (χ0n) is 13.9. The first-order valence-corrected chi connectivity index (χ1v) is 7.89. The maximum Gasteiger partial charge on any atom is 0.161 e. The smallest absolute Gasteiger partial charge is 0.161 e. The van der Waals surface area contributed by atoms with Crippen LogP contribution in [-0.2, 0) is 6.42 Å². The predicted molar refractivity (Wildman–Crippen MR) is 90.7 cm³/mol. The summed E-state index contributed by atoms with van der Waals surface area (Å²) < 4.78 is 16.9. The molecule has 0 aromatic heterocycles. The number of benzene rings is 2. The number of aryl methyl sites for hydroxylation is 1. The summed E-state index contributed by atoms with van der Waals surface area (Å²) >= 11 is 0. The standard InChI is InChI=1S/C19H23NO3/c1-13-6-4-5-7-17(13)23-12-16-15-11-19(22-3)18(21-2)10-14(15)8-9-20-16/h4-7,10-11,16,20H,8-9,12H2,1-3H3. The van der Waals surface area contributed by atoms with Gasteiger partial charge in [0.15, 0.2) is 11.5 Å². The van der Waals surface area contributed by atoms with Crippen molar-refractivity contribution in [3.05, 3.63) is 53.1 Å². The van der Waals surface area contributed by atoms with Gasteiger partial charge in [-0.25, -0.2) is 0 Å². The molecule has 1 heterocycles. The van der Waals surface area contributed by atoms with E-state index < -0.39 is 0 Å². The van der Waals surface area contributed by atoms with Crippen molar-refractivity contribution < 1.29 is 14.2 Å². The van der Waals surface area contributed by atoms with Crippen molar-refractivity contribution >= 4 is 0 Å². The van der Waals surface area contributed by atoms with E-state index in [2.05, 4.69) is 30.4 Å². The molecule has 3 rings (SSSR count). The third-order valence-electron chi connectivity index (χ3n) is 4.30. The summed E-state index contributed by atoms with van der Waals surface area (Å²) in [6, 6.07) is 12.4. The van der Waals surface area contributed by atoms with E-state index in [1.165, 1.54) is 11.1 Å². The van der Waals surface area contributed by atoms with Crippen LogP contribution < -0.4 is 19.5 Å². The molecular weight excluding hydrogens is 290 g/mol. The zero-order valence-corrected chi connectivity index (χ0v) is 13.9. The van der Waals surface area contributed by atoms with Gasteiger partial charge in [0.05, 0.1) is 20.3 Å². The van der Waals surface area contributed by atoms with Gasteiger partial charge in [-0.15, -0.1) is 0 Å². The van der Waals surface area contributed by atoms with Crippen LogP contribution in [0, 0.1) is 6.92 Å². The van der Waals surface area contributed by atoms with Crippen molar-refractivity contribution in [2.75, 3.05) is 27.4 Å². The zero-order chi connectivity index (χ0) is 16.2. The highest BCUT2D eigenvalue weighted by Gasteiger charge is 2.23. The molecule has 122 valence electrons. The molecule has 4 heteroatoms. The van der Waals surface area contributed by atoms with Crippen molar-refractivity contribution in [1.29, 1.82) is 0 Å². The lowest BCUT2D eigenvalue weighted by Gasteiger charge is -2.28. The summed E-state index contributed by atoms with van der Waals surface area (Å²) in [6.45, 7) is 3.59. The Hall–Kier alpha value is -2.20. The predicted octanol–water partition coefficient (Wildman–Crippen LogP) is 3.28. The number of hydrogen-bond acceptors (Lipinski definition) is 4. The molecule has 23 heavy (non-hydrogen) atoms. The third kappa shape index (κ3) is 3.27. The summed E-state index contributed by atoms with van der Waals surface area (Å²) in [7, 11) is 3.34. The lowest BCUT2D eigenvalue weighted by atomic mass is 9.94. The van der Waals surface area contributed by atoms with Gasteiger partial charge in [-0.2, -0.15) is 0 Å². The van der Waals surface area contributed by atoms with Crippen LogP contribution in [0.4, 0.5) is 0 Å².